The monoisotopic (exact) mass is 345 g/mol. The van der Waals surface area contributed by atoms with E-state index < -0.39 is 10.0 Å². The Labute approximate surface area is 140 Å². The molecule has 0 atom stereocenters. The quantitative estimate of drug-likeness (QED) is 0.743. The van der Waals surface area contributed by atoms with Crippen molar-refractivity contribution in [1.82, 2.24) is 9.97 Å². The number of rotatable bonds is 5. The molecule has 0 aliphatic rings. The Morgan fingerprint density at radius 2 is 2.00 bits per heavy atom. The fraction of sp³-hybridized carbons (Fsp3) is 0.235. The third-order valence-corrected chi connectivity index (χ3v) is 5.13. The van der Waals surface area contributed by atoms with Gasteiger partial charge in [0.15, 0.2) is 0 Å². The predicted molar refractivity (Wildman–Crippen MR) is 94.0 cm³/mol. The normalized spacial score (nSPS) is 11.6. The number of imidazole rings is 1. The second-order valence-corrected chi connectivity index (χ2v) is 7.18. The third-order valence-electron chi connectivity index (χ3n) is 3.73. The Hall–Kier alpha value is -2.54. The maximum atomic E-state index is 12.7. The van der Waals surface area contributed by atoms with E-state index in [0.717, 1.165) is 28.8 Å². The summed E-state index contributed by atoms with van der Waals surface area (Å²) in [6, 6.07) is 10.3. The van der Waals surface area contributed by atoms with E-state index in [1.54, 1.807) is 36.4 Å². The molecule has 0 saturated heterocycles. The van der Waals surface area contributed by atoms with Gasteiger partial charge in [-0.2, -0.15) is 0 Å². The van der Waals surface area contributed by atoms with Gasteiger partial charge in [0.05, 0.1) is 23.8 Å². The lowest BCUT2D eigenvalue weighted by molar-refractivity contribution is 0.402. The zero-order chi connectivity index (χ0) is 17.3. The van der Waals surface area contributed by atoms with Crippen molar-refractivity contribution in [2.24, 2.45) is 0 Å². The van der Waals surface area contributed by atoms with Crippen LogP contribution in [0, 0.1) is 6.92 Å². The van der Waals surface area contributed by atoms with Gasteiger partial charge < -0.3 is 9.72 Å². The number of methoxy groups -OCH3 is 1. The number of aromatic amines is 1. The van der Waals surface area contributed by atoms with Gasteiger partial charge in [0.1, 0.15) is 16.5 Å². The maximum Gasteiger partial charge on any atom is 0.265 e. The molecule has 0 unspecified atom stereocenters. The van der Waals surface area contributed by atoms with Gasteiger partial charge >= 0.3 is 0 Å². The average molecular weight is 345 g/mol. The number of anilines is 1. The van der Waals surface area contributed by atoms with Crippen molar-refractivity contribution in [3.63, 3.8) is 0 Å². The molecule has 0 spiro atoms. The van der Waals surface area contributed by atoms with E-state index in [2.05, 4.69) is 14.7 Å². The molecule has 0 fully saturated rings. The van der Waals surface area contributed by atoms with Crippen molar-refractivity contribution in [2.45, 2.75) is 25.2 Å². The van der Waals surface area contributed by atoms with E-state index in [9.17, 15) is 8.42 Å². The van der Waals surface area contributed by atoms with Crippen LogP contribution in [-0.4, -0.2) is 25.5 Å². The van der Waals surface area contributed by atoms with Crippen LogP contribution in [0.4, 0.5) is 5.69 Å². The fourth-order valence-corrected chi connectivity index (χ4v) is 3.80. The van der Waals surface area contributed by atoms with Crippen LogP contribution in [0.1, 0.15) is 18.3 Å². The van der Waals surface area contributed by atoms with Crippen LogP contribution < -0.4 is 9.46 Å². The summed E-state index contributed by atoms with van der Waals surface area (Å²) < 4.78 is 33.2. The highest BCUT2D eigenvalue weighted by molar-refractivity contribution is 7.92. The summed E-state index contributed by atoms with van der Waals surface area (Å²) in [5, 5.41) is 0. The molecule has 24 heavy (non-hydrogen) atoms. The molecule has 0 bridgehead atoms. The smallest absolute Gasteiger partial charge is 0.265 e. The molecule has 1 heterocycles. The number of ether oxygens (including phenoxy) is 1. The minimum Gasteiger partial charge on any atom is -0.495 e. The van der Waals surface area contributed by atoms with E-state index in [-0.39, 0.29) is 4.90 Å². The van der Waals surface area contributed by atoms with Crippen LogP contribution in [0.25, 0.3) is 11.0 Å². The Bertz CT molecular complexity index is 993. The highest BCUT2D eigenvalue weighted by Crippen LogP contribution is 2.27. The molecule has 2 N–H and O–H groups in total. The summed E-state index contributed by atoms with van der Waals surface area (Å²) in [6.45, 7) is 3.84. The van der Waals surface area contributed by atoms with Crippen LogP contribution >= 0.6 is 0 Å². The van der Waals surface area contributed by atoms with Gasteiger partial charge in [-0.3, -0.25) is 4.72 Å². The minimum absolute atomic E-state index is 0.115. The van der Waals surface area contributed by atoms with Crippen LogP contribution in [0.5, 0.6) is 5.75 Å². The number of nitrogens with zero attached hydrogens (tertiary/aromatic N) is 1. The van der Waals surface area contributed by atoms with Gasteiger partial charge in [0, 0.05) is 6.42 Å². The van der Waals surface area contributed by atoms with Gasteiger partial charge in [0.25, 0.3) is 10.0 Å². The number of fused-ring (bicyclic) bond motifs is 1. The minimum atomic E-state index is -3.76. The lowest BCUT2D eigenvalue weighted by Crippen LogP contribution is -2.14. The summed E-state index contributed by atoms with van der Waals surface area (Å²) in [5.74, 6) is 1.18. The summed E-state index contributed by atoms with van der Waals surface area (Å²) in [4.78, 5) is 7.70. The molecule has 0 radical (unpaired) electrons. The first-order chi connectivity index (χ1) is 11.4. The number of H-pyrrole nitrogens is 1. The first-order valence-corrected chi connectivity index (χ1v) is 9.07. The maximum absolute atomic E-state index is 12.7. The van der Waals surface area contributed by atoms with Crippen molar-refractivity contribution < 1.29 is 13.2 Å². The SMILES string of the molecule is CCc1nc2ccc(NS(=O)(=O)c3cc(C)ccc3OC)cc2[nH]1. The first kappa shape index (κ1) is 16.3. The van der Waals surface area contributed by atoms with E-state index >= 15 is 0 Å². The number of hydrogen-bond acceptors (Lipinski definition) is 4. The fourth-order valence-electron chi connectivity index (χ4n) is 2.50. The lowest BCUT2D eigenvalue weighted by atomic mass is 10.2. The summed E-state index contributed by atoms with van der Waals surface area (Å²) in [7, 11) is -2.30. The summed E-state index contributed by atoms with van der Waals surface area (Å²) in [6.07, 6.45) is 0.788. The number of aryl methyl sites for hydroxylation is 2. The highest BCUT2D eigenvalue weighted by Gasteiger charge is 2.20. The lowest BCUT2D eigenvalue weighted by Gasteiger charge is -2.12. The van der Waals surface area contributed by atoms with E-state index in [4.69, 9.17) is 4.74 Å². The molecule has 3 aromatic rings. The third kappa shape index (κ3) is 3.07. The van der Waals surface area contributed by atoms with Crippen molar-refractivity contribution in [3.05, 3.63) is 47.8 Å². The van der Waals surface area contributed by atoms with Crippen molar-refractivity contribution in [1.29, 1.82) is 0 Å². The molecular weight excluding hydrogens is 326 g/mol. The standard InChI is InChI=1S/C17H19N3O3S/c1-4-17-18-13-7-6-12(10-14(13)19-17)20-24(21,22)16-9-11(2)5-8-15(16)23-3/h5-10,20H,4H2,1-3H3,(H,18,19). The molecule has 0 amide bonds. The zero-order valence-electron chi connectivity index (χ0n) is 13.8. The number of hydrogen-bond donors (Lipinski definition) is 2. The summed E-state index contributed by atoms with van der Waals surface area (Å²) >= 11 is 0. The second kappa shape index (κ2) is 6.16. The first-order valence-electron chi connectivity index (χ1n) is 7.59. The zero-order valence-corrected chi connectivity index (χ0v) is 14.6. The van der Waals surface area contributed by atoms with Crippen LogP contribution in [-0.2, 0) is 16.4 Å². The molecule has 126 valence electrons. The molecular formula is C17H19N3O3S. The molecule has 0 aliphatic heterocycles. The van der Waals surface area contributed by atoms with Gasteiger partial charge in [-0.15, -0.1) is 0 Å². The average Bonchev–Trinajstić information content (AvgIpc) is 2.97. The summed E-state index contributed by atoms with van der Waals surface area (Å²) in [5.41, 5.74) is 2.91. The molecule has 3 rings (SSSR count). The Morgan fingerprint density at radius 3 is 2.71 bits per heavy atom. The van der Waals surface area contributed by atoms with Crippen molar-refractivity contribution >= 4 is 26.7 Å². The second-order valence-electron chi connectivity index (χ2n) is 5.53. The number of nitrogens with one attached hydrogen (secondary N) is 2. The van der Waals surface area contributed by atoms with Gasteiger partial charge in [-0.1, -0.05) is 13.0 Å². The molecule has 1 aromatic heterocycles. The number of sulfonamides is 1. The largest absolute Gasteiger partial charge is 0.495 e. The molecule has 2 aromatic carbocycles. The van der Waals surface area contributed by atoms with Crippen LogP contribution in [0.3, 0.4) is 0 Å². The van der Waals surface area contributed by atoms with Crippen LogP contribution in [0.2, 0.25) is 0 Å². The molecule has 0 aliphatic carbocycles. The predicted octanol–water partition coefficient (Wildman–Crippen LogP) is 3.24. The Kier molecular flexibility index (Phi) is 4.19. The van der Waals surface area contributed by atoms with Crippen molar-refractivity contribution in [2.75, 3.05) is 11.8 Å². The highest BCUT2D eigenvalue weighted by atomic mass is 32.2. The Morgan fingerprint density at radius 1 is 1.21 bits per heavy atom. The molecule has 6 nitrogen and oxygen atoms in total. The van der Waals surface area contributed by atoms with Gasteiger partial charge in [0.2, 0.25) is 0 Å². The van der Waals surface area contributed by atoms with E-state index in [0.29, 0.717) is 11.4 Å². The van der Waals surface area contributed by atoms with E-state index in [1.165, 1.54) is 7.11 Å². The number of benzene rings is 2. The van der Waals surface area contributed by atoms with E-state index in [1.807, 2.05) is 13.8 Å². The topological polar surface area (TPSA) is 84.1 Å². The van der Waals surface area contributed by atoms with Crippen molar-refractivity contribution in [3.8, 4) is 5.75 Å². The molecule has 7 heteroatoms. The number of aromatic nitrogens is 2. The molecule has 0 saturated carbocycles. The Balaban J connectivity index is 1.99. The van der Waals surface area contributed by atoms with Gasteiger partial charge in [-0.25, -0.2) is 13.4 Å². The van der Waals surface area contributed by atoms with Crippen LogP contribution in [0.15, 0.2) is 41.3 Å². The van der Waals surface area contributed by atoms with Gasteiger partial charge in [-0.05, 0) is 42.8 Å².